The Morgan fingerprint density at radius 2 is 1.96 bits per heavy atom. The fourth-order valence-electron chi connectivity index (χ4n) is 3.41. The third kappa shape index (κ3) is 4.66. The molecule has 2 aromatic rings. The van der Waals surface area contributed by atoms with Crippen LogP contribution in [-0.2, 0) is 11.3 Å². The number of carbonyl (C=O) groups is 1. The van der Waals surface area contributed by atoms with E-state index in [1.165, 1.54) is 12.1 Å². The van der Waals surface area contributed by atoms with E-state index < -0.39 is 0 Å². The molecule has 2 aliphatic rings. The number of rotatable bonds is 7. The van der Waals surface area contributed by atoms with E-state index in [4.69, 9.17) is 9.47 Å². The van der Waals surface area contributed by atoms with Crippen LogP contribution in [0.15, 0.2) is 48.5 Å². The Morgan fingerprint density at radius 3 is 2.63 bits per heavy atom. The van der Waals surface area contributed by atoms with Crippen LogP contribution in [0.2, 0.25) is 0 Å². The highest BCUT2D eigenvalue weighted by molar-refractivity contribution is 5.94. The summed E-state index contributed by atoms with van der Waals surface area (Å²) in [5, 5.41) is 0. The molecule has 1 aliphatic carbocycles. The molecule has 1 unspecified atom stereocenters. The van der Waals surface area contributed by atoms with E-state index in [2.05, 4.69) is 0 Å². The van der Waals surface area contributed by atoms with Gasteiger partial charge in [0.25, 0.3) is 5.91 Å². The molecule has 2 fully saturated rings. The largest absolute Gasteiger partial charge is 0.491 e. The molecule has 1 heterocycles. The third-order valence-electron chi connectivity index (χ3n) is 5.05. The number of hydrogen-bond acceptors (Lipinski definition) is 3. The van der Waals surface area contributed by atoms with E-state index in [1.54, 1.807) is 18.2 Å². The quantitative estimate of drug-likeness (QED) is 0.735. The Kier molecular flexibility index (Phi) is 5.39. The lowest BCUT2D eigenvalue weighted by atomic mass is 10.1. The monoisotopic (exact) mass is 369 g/mol. The van der Waals surface area contributed by atoms with E-state index in [0.29, 0.717) is 18.7 Å². The first-order valence-electron chi connectivity index (χ1n) is 9.59. The summed E-state index contributed by atoms with van der Waals surface area (Å²) in [6.07, 6.45) is 4.30. The lowest BCUT2D eigenvalue weighted by molar-refractivity contribution is 0.0678. The highest BCUT2D eigenvalue weighted by atomic mass is 19.1. The van der Waals surface area contributed by atoms with Gasteiger partial charge >= 0.3 is 0 Å². The molecule has 1 saturated carbocycles. The van der Waals surface area contributed by atoms with Gasteiger partial charge in [0.05, 0.1) is 6.10 Å². The van der Waals surface area contributed by atoms with Crippen molar-refractivity contribution in [3.8, 4) is 5.75 Å². The second-order valence-corrected chi connectivity index (χ2v) is 7.26. The van der Waals surface area contributed by atoms with Crippen molar-refractivity contribution < 1.29 is 18.7 Å². The van der Waals surface area contributed by atoms with E-state index in [0.717, 1.165) is 43.6 Å². The highest BCUT2D eigenvalue weighted by Gasteiger charge is 2.33. The van der Waals surface area contributed by atoms with Crippen molar-refractivity contribution in [2.45, 2.75) is 44.4 Å². The first kappa shape index (κ1) is 18.0. The summed E-state index contributed by atoms with van der Waals surface area (Å²) in [5.41, 5.74) is 1.44. The van der Waals surface area contributed by atoms with Crippen molar-refractivity contribution in [1.82, 2.24) is 4.90 Å². The van der Waals surface area contributed by atoms with Crippen LogP contribution >= 0.6 is 0 Å². The summed E-state index contributed by atoms with van der Waals surface area (Å²) < 4.78 is 24.8. The number of hydrogen-bond donors (Lipinski definition) is 0. The fourth-order valence-corrected chi connectivity index (χ4v) is 3.41. The molecule has 4 nitrogen and oxygen atoms in total. The molecule has 2 aromatic carbocycles. The van der Waals surface area contributed by atoms with Crippen LogP contribution in [0.3, 0.4) is 0 Å². The molecular weight excluding hydrogens is 345 g/mol. The average Bonchev–Trinajstić information content (AvgIpc) is 3.39. The molecule has 0 bridgehead atoms. The molecule has 27 heavy (non-hydrogen) atoms. The number of carbonyl (C=O) groups excluding carboxylic acids is 1. The lowest BCUT2D eigenvalue weighted by Gasteiger charge is -2.23. The predicted octanol–water partition coefficient (Wildman–Crippen LogP) is 4.19. The van der Waals surface area contributed by atoms with Gasteiger partial charge in [-0.3, -0.25) is 4.79 Å². The number of benzene rings is 2. The molecule has 0 spiro atoms. The van der Waals surface area contributed by atoms with Crippen LogP contribution < -0.4 is 4.74 Å². The second kappa shape index (κ2) is 8.09. The maximum Gasteiger partial charge on any atom is 0.254 e. The summed E-state index contributed by atoms with van der Waals surface area (Å²) in [7, 11) is 0. The molecule has 1 saturated heterocycles. The van der Waals surface area contributed by atoms with Crippen LogP contribution in [0.5, 0.6) is 5.75 Å². The summed E-state index contributed by atoms with van der Waals surface area (Å²) in [4.78, 5) is 14.8. The Hall–Kier alpha value is -2.40. The van der Waals surface area contributed by atoms with Crippen molar-refractivity contribution in [3.05, 3.63) is 65.5 Å². The number of nitrogens with zero attached hydrogens (tertiary/aromatic N) is 1. The van der Waals surface area contributed by atoms with Gasteiger partial charge in [0.2, 0.25) is 0 Å². The average molecular weight is 369 g/mol. The van der Waals surface area contributed by atoms with Gasteiger partial charge < -0.3 is 14.4 Å². The van der Waals surface area contributed by atoms with Crippen LogP contribution in [0.1, 0.15) is 41.6 Å². The minimum Gasteiger partial charge on any atom is -0.491 e. The number of amides is 1. The maximum absolute atomic E-state index is 13.5. The maximum atomic E-state index is 13.5. The SMILES string of the molecule is O=C(c1ccc(OCC2CCCO2)cc1)N(Cc1cccc(F)c1)C1CC1. The Bertz CT molecular complexity index is 782. The summed E-state index contributed by atoms with van der Waals surface area (Å²) in [6.45, 7) is 1.78. The van der Waals surface area contributed by atoms with Crippen LogP contribution in [-0.4, -0.2) is 36.2 Å². The van der Waals surface area contributed by atoms with E-state index in [9.17, 15) is 9.18 Å². The Labute approximate surface area is 158 Å². The smallest absolute Gasteiger partial charge is 0.254 e. The number of ether oxygens (including phenoxy) is 2. The zero-order valence-electron chi connectivity index (χ0n) is 15.3. The normalized spacial score (nSPS) is 19.1. The molecular formula is C22H24FNO3. The van der Waals surface area contributed by atoms with Gasteiger partial charge in [0.1, 0.15) is 18.2 Å². The predicted molar refractivity (Wildman–Crippen MR) is 100 cm³/mol. The van der Waals surface area contributed by atoms with Crippen LogP contribution in [0, 0.1) is 5.82 Å². The zero-order chi connectivity index (χ0) is 18.6. The van der Waals surface area contributed by atoms with Gasteiger partial charge in [-0.25, -0.2) is 4.39 Å². The third-order valence-corrected chi connectivity index (χ3v) is 5.05. The van der Waals surface area contributed by atoms with Crippen LogP contribution in [0.25, 0.3) is 0 Å². The van der Waals surface area contributed by atoms with Gasteiger partial charge in [-0.2, -0.15) is 0 Å². The van der Waals surface area contributed by atoms with Crippen molar-refractivity contribution in [1.29, 1.82) is 0 Å². The summed E-state index contributed by atoms with van der Waals surface area (Å²) >= 11 is 0. The minimum atomic E-state index is -0.275. The summed E-state index contributed by atoms with van der Waals surface area (Å²) in [5.74, 6) is 0.445. The molecule has 1 aliphatic heterocycles. The van der Waals surface area contributed by atoms with Crippen molar-refractivity contribution in [2.24, 2.45) is 0 Å². The van der Waals surface area contributed by atoms with Gasteiger partial charge in [0, 0.05) is 24.8 Å². The number of halogens is 1. The molecule has 0 radical (unpaired) electrons. The van der Waals surface area contributed by atoms with E-state index >= 15 is 0 Å². The topological polar surface area (TPSA) is 38.8 Å². The molecule has 142 valence electrons. The Balaban J connectivity index is 1.40. The van der Waals surface area contributed by atoms with Crippen molar-refractivity contribution >= 4 is 5.91 Å². The van der Waals surface area contributed by atoms with E-state index in [-0.39, 0.29) is 23.9 Å². The molecule has 0 N–H and O–H groups in total. The summed E-state index contributed by atoms with van der Waals surface area (Å²) in [6, 6.07) is 13.9. The van der Waals surface area contributed by atoms with Crippen LogP contribution in [0.4, 0.5) is 4.39 Å². The molecule has 1 amide bonds. The van der Waals surface area contributed by atoms with Gasteiger partial charge in [-0.05, 0) is 67.6 Å². The molecule has 4 rings (SSSR count). The van der Waals surface area contributed by atoms with Gasteiger partial charge in [-0.15, -0.1) is 0 Å². The first-order chi connectivity index (χ1) is 13.2. The van der Waals surface area contributed by atoms with Crippen molar-refractivity contribution in [2.75, 3.05) is 13.2 Å². The van der Waals surface area contributed by atoms with Gasteiger partial charge in [-0.1, -0.05) is 12.1 Å². The molecule has 0 aromatic heterocycles. The molecule has 1 atom stereocenters. The Morgan fingerprint density at radius 1 is 1.15 bits per heavy atom. The highest BCUT2D eigenvalue weighted by Crippen LogP contribution is 2.30. The fraction of sp³-hybridized carbons (Fsp3) is 0.409. The molecule has 5 heteroatoms. The minimum absolute atomic E-state index is 0.0209. The standard InChI is InChI=1S/C22H24FNO3/c23-18-4-1-3-16(13-18)14-24(19-8-9-19)22(25)17-6-10-20(11-7-17)27-15-21-5-2-12-26-21/h1,3-4,6-7,10-11,13,19,21H,2,5,8-9,12,14-15H2. The zero-order valence-corrected chi connectivity index (χ0v) is 15.3. The lowest BCUT2D eigenvalue weighted by Crippen LogP contribution is -2.32. The first-order valence-corrected chi connectivity index (χ1v) is 9.59. The van der Waals surface area contributed by atoms with Crippen molar-refractivity contribution in [3.63, 3.8) is 0 Å². The van der Waals surface area contributed by atoms with Gasteiger partial charge in [0.15, 0.2) is 0 Å². The second-order valence-electron chi connectivity index (χ2n) is 7.26. The van der Waals surface area contributed by atoms with E-state index in [1.807, 2.05) is 23.1 Å².